The van der Waals surface area contributed by atoms with E-state index in [1.54, 1.807) is 18.5 Å². The number of halogens is 1. The molecule has 0 atom stereocenters. The predicted octanol–water partition coefficient (Wildman–Crippen LogP) is 8.32. The molecule has 202 valence electrons. The third kappa shape index (κ3) is 4.53. The lowest BCUT2D eigenvalue weighted by Gasteiger charge is -2.11. The standard InChI is InChI=1S/C36H21FN6/c37-32-18-15-25-12-11-24-13-16-27(40-33(24)34(25)43-32)23-9-7-22(8-10-23)26-14-17-28-31(21-26)42-36(30-6-2-4-20-39-30)35(41-28)29-5-1-3-19-38-29/h1-21H. The van der Waals surface area contributed by atoms with Crippen LogP contribution in [0.15, 0.2) is 128 Å². The summed E-state index contributed by atoms with van der Waals surface area (Å²) >= 11 is 0. The summed E-state index contributed by atoms with van der Waals surface area (Å²) in [6.07, 6.45) is 3.51. The summed E-state index contributed by atoms with van der Waals surface area (Å²) in [5, 5.41) is 1.77. The van der Waals surface area contributed by atoms with Crippen molar-refractivity contribution in [2.24, 2.45) is 0 Å². The van der Waals surface area contributed by atoms with Crippen LogP contribution in [-0.2, 0) is 0 Å². The lowest BCUT2D eigenvalue weighted by atomic mass is 10.0. The first kappa shape index (κ1) is 24.8. The summed E-state index contributed by atoms with van der Waals surface area (Å²) < 4.78 is 13.9. The zero-order valence-corrected chi connectivity index (χ0v) is 22.7. The Hall–Kier alpha value is -5.95. The van der Waals surface area contributed by atoms with Crippen molar-refractivity contribution in [1.29, 1.82) is 0 Å². The topological polar surface area (TPSA) is 77.3 Å². The molecule has 0 saturated heterocycles. The minimum Gasteiger partial charge on any atom is -0.255 e. The summed E-state index contributed by atoms with van der Waals surface area (Å²) in [7, 11) is 0. The lowest BCUT2D eigenvalue weighted by Crippen LogP contribution is -1.98. The maximum absolute atomic E-state index is 13.9. The number of nitrogens with zero attached hydrogens (tertiary/aromatic N) is 6. The summed E-state index contributed by atoms with van der Waals surface area (Å²) in [5.41, 5.74) is 9.45. The molecule has 8 aromatic rings. The van der Waals surface area contributed by atoms with Gasteiger partial charge in [-0.3, -0.25) is 9.97 Å². The van der Waals surface area contributed by atoms with Crippen molar-refractivity contribution in [3.8, 4) is 45.2 Å². The van der Waals surface area contributed by atoms with Gasteiger partial charge in [-0.15, -0.1) is 0 Å². The third-order valence-corrected chi connectivity index (χ3v) is 7.48. The molecule has 0 aliphatic heterocycles. The van der Waals surface area contributed by atoms with Crippen molar-refractivity contribution in [3.63, 3.8) is 0 Å². The summed E-state index contributed by atoms with van der Waals surface area (Å²) in [5.74, 6) is -0.517. The maximum Gasteiger partial charge on any atom is 0.213 e. The van der Waals surface area contributed by atoms with Crippen molar-refractivity contribution < 1.29 is 4.39 Å². The van der Waals surface area contributed by atoms with Crippen LogP contribution in [0.1, 0.15) is 0 Å². The number of pyridine rings is 4. The van der Waals surface area contributed by atoms with Gasteiger partial charge in [0, 0.05) is 28.7 Å². The Labute approximate surface area is 245 Å². The molecule has 5 aromatic heterocycles. The van der Waals surface area contributed by atoms with E-state index < -0.39 is 5.95 Å². The van der Waals surface area contributed by atoms with E-state index in [0.717, 1.165) is 55.6 Å². The largest absolute Gasteiger partial charge is 0.255 e. The SMILES string of the molecule is Fc1ccc2ccc3ccc(-c4ccc(-c5ccc6nc(-c7ccccn7)c(-c7ccccn7)nc6c5)cc4)nc3c2n1. The van der Waals surface area contributed by atoms with Gasteiger partial charge in [-0.1, -0.05) is 60.7 Å². The Morgan fingerprint density at radius 2 is 1.00 bits per heavy atom. The molecule has 0 bridgehead atoms. The van der Waals surface area contributed by atoms with Crippen molar-refractivity contribution in [1.82, 2.24) is 29.9 Å². The van der Waals surface area contributed by atoms with Crippen molar-refractivity contribution in [2.45, 2.75) is 0 Å². The fourth-order valence-corrected chi connectivity index (χ4v) is 5.33. The van der Waals surface area contributed by atoms with E-state index in [-0.39, 0.29) is 0 Å². The van der Waals surface area contributed by atoms with Gasteiger partial charge in [-0.2, -0.15) is 4.39 Å². The highest BCUT2D eigenvalue weighted by Crippen LogP contribution is 2.32. The number of fused-ring (bicyclic) bond motifs is 4. The van der Waals surface area contributed by atoms with Crippen LogP contribution in [0.2, 0.25) is 0 Å². The highest BCUT2D eigenvalue weighted by Gasteiger charge is 2.16. The molecular weight excluding hydrogens is 535 g/mol. The molecule has 0 amide bonds. The maximum atomic E-state index is 13.9. The smallest absolute Gasteiger partial charge is 0.213 e. The fraction of sp³-hybridized carbons (Fsp3) is 0. The van der Waals surface area contributed by atoms with Crippen LogP contribution in [0.4, 0.5) is 4.39 Å². The van der Waals surface area contributed by atoms with Crippen molar-refractivity contribution in [2.75, 3.05) is 0 Å². The van der Waals surface area contributed by atoms with Gasteiger partial charge < -0.3 is 0 Å². The van der Waals surface area contributed by atoms with E-state index in [1.165, 1.54) is 6.07 Å². The molecule has 5 heterocycles. The molecule has 6 nitrogen and oxygen atoms in total. The van der Waals surface area contributed by atoms with Gasteiger partial charge in [0.05, 0.1) is 39.1 Å². The van der Waals surface area contributed by atoms with Gasteiger partial charge in [-0.05, 0) is 65.7 Å². The van der Waals surface area contributed by atoms with Crippen molar-refractivity contribution >= 4 is 32.8 Å². The summed E-state index contributed by atoms with van der Waals surface area (Å²) in [6, 6.07) is 36.8. The second-order valence-corrected chi connectivity index (χ2v) is 10.2. The Morgan fingerprint density at radius 1 is 0.419 bits per heavy atom. The average Bonchev–Trinajstić information content (AvgIpc) is 3.08. The van der Waals surface area contributed by atoms with Gasteiger partial charge in [0.25, 0.3) is 0 Å². The van der Waals surface area contributed by atoms with E-state index in [0.29, 0.717) is 22.4 Å². The van der Waals surface area contributed by atoms with Crippen LogP contribution in [0.25, 0.3) is 78.0 Å². The first-order valence-electron chi connectivity index (χ1n) is 13.8. The molecule has 0 N–H and O–H groups in total. The molecule has 0 fully saturated rings. The van der Waals surface area contributed by atoms with Crippen molar-refractivity contribution in [3.05, 3.63) is 134 Å². The average molecular weight is 557 g/mol. The normalized spacial score (nSPS) is 11.4. The predicted molar refractivity (Wildman–Crippen MR) is 167 cm³/mol. The molecule has 3 aromatic carbocycles. The van der Waals surface area contributed by atoms with Gasteiger partial charge in [-0.25, -0.2) is 19.9 Å². The number of benzene rings is 3. The molecule has 43 heavy (non-hydrogen) atoms. The van der Waals surface area contributed by atoms with E-state index >= 15 is 0 Å². The number of hydrogen-bond acceptors (Lipinski definition) is 6. The first-order valence-corrected chi connectivity index (χ1v) is 13.8. The Bertz CT molecular complexity index is 2290. The van der Waals surface area contributed by atoms with Gasteiger partial charge >= 0.3 is 0 Å². The molecule has 0 aliphatic carbocycles. The van der Waals surface area contributed by atoms with Gasteiger partial charge in [0.2, 0.25) is 5.95 Å². The number of rotatable bonds is 4. The van der Waals surface area contributed by atoms with Crippen LogP contribution >= 0.6 is 0 Å². The van der Waals surface area contributed by atoms with E-state index in [2.05, 4.69) is 33.2 Å². The number of hydrogen-bond donors (Lipinski definition) is 0. The molecular formula is C36H21FN6. The Balaban J connectivity index is 1.18. The van der Waals surface area contributed by atoms with Crippen LogP contribution in [0, 0.1) is 5.95 Å². The van der Waals surface area contributed by atoms with E-state index in [9.17, 15) is 4.39 Å². The van der Waals surface area contributed by atoms with E-state index in [1.807, 2.05) is 84.9 Å². The molecule has 8 rings (SSSR count). The molecule has 0 unspecified atom stereocenters. The second-order valence-electron chi connectivity index (χ2n) is 10.2. The molecule has 0 spiro atoms. The van der Waals surface area contributed by atoms with E-state index in [4.69, 9.17) is 15.0 Å². The molecule has 7 heteroatoms. The zero-order valence-electron chi connectivity index (χ0n) is 22.7. The monoisotopic (exact) mass is 556 g/mol. The van der Waals surface area contributed by atoms with Crippen LogP contribution < -0.4 is 0 Å². The van der Waals surface area contributed by atoms with Crippen LogP contribution in [-0.4, -0.2) is 29.9 Å². The summed E-state index contributed by atoms with van der Waals surface area (Å²) in [4.78, 5) is 28.0. The first-order chi connectivity index (χ1) is 21.2. The highest BCUT2D eigenvalue weighted by atomic mass is 19.1. The highest BCUT2D eigenvalue weighted by molar-refractivity contribution is 6.03. The minimum atomic E-state index is -0.517. The Kier molecular flexibility index (Phi) is 5.86. The van der Waals surface area contributed by atoms with Crippen LogP contribution in [0.5, 0.6) is 0 Å². The number of aromatic nitrogens is 6. The summed E-state index contributed by atoms with van der Waals surface area (Å²) in [6.45, 7) is 0. The zero-order chi connectivity index (χ0) is 28.8. The second kappa shape index (κ2) is 10.2. The van der Waals surface area contributed by atoms with Gasteiger partial charge in [0.15, 0.2) is 0 Å². The minimum absolute atomic E-state index is 0.517. The molecule has 0 saturated carbocycles. The lowest BCUT2D eigenvalue weighted by molar-refractivity contribution is 0.589. The third-order valence-electron chi connectivity index (χ3n) is 7.48. The van der Waals surface area contributed by atoms with Gasteiger partial charge in [0.1, 0.15) is 11.4 Å². The molecule has 0 aliphatic rings. The van der Waals surface area contributed by atoms with Crippen LogP contribution in [0.3, 0.4) is 0 Å². The quantitative estimate of drug-likeness (QED) is 0.160. The molecule has 0 radical (unpaired) electrons. The Morgan fingerprint density at radius 3 is 1.67 bits per heavy atom. The fourth-order valence-electron chi connectivity index (χ4n) is 5.33.